The van der Waals surface area contributed by atoms with Crippen LogP contribution >= 0.6 is 11.6 Å². The normalized spacial score (nSPS) is 21.6. The molecule has 0 saturated heterocycles. The van der Waals surface area contributed by atoms with Crippen molar-refractivity contribution < 1.29 is 39.6 Å². The maximum Gasteiger partial charge on any atom is 0.416 e. The molecule has 0 heterocycles. The van der Waals surface area contributed by atoms with E-state index >= 15 is 4.39 Å². The van der Waals surface area contributed by atoms with Crippen molar-refractivity contribution in [2.45, 2.75) is 47.8 Å². The lowest BCUT2D eigenvalue weighted by atomic mass is 9.92. The molecule has 0 aliphatic heterocycles. The molecule has 0 atom stereocenters. The van der Waals surface area contributed by atoms with Gasteiger partial charge in [0.1, 0.15) is 11.6 Å². The zero-order chi connectivity index (χ0) is 24.8. The fourth-order valence-corrected chi connectivity index (χ4v) is 5.71. The number of halogens is 7. The van der Waals surface area contributed by atoms with Crippen LogP contribution in [-0.2, 0) is 16.0 Å². The molecule has 2 aromatic carbocycles. The molecule has 0 radical (unpaired) electrons. The predicted octanol–water partition coefficient (Wildman–Crippen LogP) is 5.79. The van der Waals surface area contributed by atoms with Crippen molar-refractivity contribution >= 4 is 27.3 Å². The van der Waals surface area contributed by atoms with Gasteiger partial charge in [0.05, 0.1) is 15.5 Å². The van der Waals surface area contributed by atoms with Crippen LogP contribution in [0.5, 0.6) is 0 Å². The van der Waals surface area contributed by atoms with Crippen LogP contribution in [0.2, 0.25) is 5.02 Å². The van der Waals surface area contributed by atoms with Crippen LogP contribution in [-0.4, -0.2) is 37.3 Å². The standard InChI is InChI=1S/C21H18ClF6NO3S/c1-29(19(30)12-2-3-18(24)17(22)8-12)15-4-6-20(25,7-5-15)33(31,32)16-10-13(21(26,27)28)9-14(23)11-16/h2-3,8-11,15H,4-7H2,1H3/t15-,20-. The van der Waals surface area contributed by atoms with Gasteiger partial charge in [0.2, 0.25) is 14.8 Å². The predicted molar refractivity (Wildman–Crippen MR) is 108 cm³/mol. The molecule has 0 N–H and O–H groups in total. The van der Waals surface area contributed by atoms with Crippen LogP contribution < -0.4 is 0 Å². The third-order valence-corrected chi connectivity index (χ3v) is 8.24. The first-order valence-electron chi connectivity index (χ1n) is 9.69. The maximum atomic E-state index is 15.5. The number of rotatable bonds is 4. The van der Waals surface area contributed by atoms with Crippen molar-refractivity contribution in [1.82, 2.24) is 4.90 Å². The Morgan fingerprint density at radius 1 is 1.09 bits per heavy atom. The highest BCUT2D eigenvalue weighted by atomic mass is 35.5. The number of sulfone groups is 1. The third-order valence-electron chi connectivity index (χ3n) is 5.73. The summed E-state index contributed by atoms with van der Waals surface area (Å²) in [5, 5.41) is -3.19. The van der Waals surface area contributed by atoms with Crippen LogP contribution in [0.1, 0.15) is 41.6 Å². The Morgan fingerprint density at radius 2 is 1.70 bits per heavy atom. The summed E-state index contributed by atoms with van der Waals surface area (Å²) >= 11 is 5.69. The van der Waals surface area contributed by atoms with E-state index < -0.39 is 67.9 Å². The van der Waals surface area contributed by atoms with E-state index in [9.17, 15) is 35.2 Å². The summed E-state index contributed by atoms with van der Waals surface area (Å²) in [7, 11) is -3.56. The first-order chi connectivity index (χ1) is 15.2. The summed E-state index contributed by atoms with van der Waals surface area (Å²) < 4.78 is 107. The molecule has 0 aromatic heterocycles. The molecule has 3 rings (SSSR count). The van der Waals surface area contributed by atoms with Gasteiger partial charge in [0, 0.05) is 18.7 Å². The summed E-state index contributed by atoms with van der Waals surface area (Å²) in [6.07, 6.45) is -6.47. The van der Waals surface area contributed by atoms with Crippen LogP contribution in [0.15, 0.2) is 41.3 Å². The molecule has 1 aliphatic carbocycles. The number of alkyl halides is 4. The summed E-state index contributed by atoms with van der Waals surface area (Å²) in [6.45, 7) is 0. The number of carbonyl (C=O) groups is 1. The lowest BCUT2D eigenvalue weighted by Crippen LogP contribution is -2.45. The molecule has 1 fully saturated rings. The summed E-state index contributed by atoms with van der Waals surface area (Å²) in [6, 6.07) is 3.46. The average molecular weight is 514 g/mol. The molecule has 180 valence electrons. The number of amides is 1. The zero-order valence-corrected chi connectivity index (χ0v) is 18.7. The first kappa shape index (κ1) is 25.4. The van der Waals surface area contributed by atoms with Crippen molar-refractivity contribution in [3.8, 4) is 0 Å². The van der Waals surface area contributed by atoms with Crippen molar-refractivity contribution in [3.63, 3.8) is 0 Å². The number of benzene rings is 2. The minimum atomic E-state index is -5.01. The molecule has 0 unspecified atom stereocenters. The third kappa shape index (κ3) is 4.98. The molecule has 1 saturated carbocycles. The van der Waals surface area contributed by atoms with Crippen molar-refractivity contribution in [2.75, 3.05) is 7.05 Å². The van der Waals surface area contributed by atoms with Crippen molar-refractivity contribution in [1.29, 1.82) is 0 Å². The lowest BCUT2D eigenvalue weighted by Gasteiger charge is -2.37. The summed E-state index contributed by atoms with van der Waals surface area (Å²) in [4.78, 5) is 12.8. The highest BCUT2D eigenvalue weighted by Gasteiger charge is 2.49. The van der Waals surface area contributed by atoms with Gasteiger partial charge in [-0.3, -0.25) is 4.79 Å². The fourth-order valence-electron chi connectivity index (χ4n) is 3.78. The average Bonchev–Trinajstić information content (AvgIpc) is 2.74. The van der Waals surface area contributed by atoms with Crippen molar-refractivity contribution in [3.05, 3.63) is 64.2 Å². The molecular formula is C21H18ClF6NO3S. The van der Waals surface area contributed by atoms with E-state index in [0.717, 1.165) is 12.1 Å². The Hall–Kier alpha value is -2.27. The lowest BCUT2D eigenvalue weighted by molar-refractivity contribution is -0.137. The molecule has 0 bridgehead atoms. The fraction of sp³-hybridized carbons (Fsp3) is 0.381. The van der Waals surface area contributed by atoms with Crippen LogP contribution in [0, 0.1) is 11.6 Å². The van der Waals surface area contributed by atoms with Gasteiger partial charge >= 0.3 is 6.18 Å². The molecule has 33 heavy (non-hydrogen) atoms. The van der Waals surface area contributed by atoms with E-state index in [1.807, 2.05) is 0 Å². The monoisotopic (exact) mass is 513 g/mol. The second-order valence-corrected chi connectivity index (χ2v) is 10.5. The molecular weight excluding hydrogens is 496 g/mol. The van der Waals surface area contributed by atoms with E-state index in [2.05, 4.69) is 0 Å². The van der Waals surface area contributed by atoms with Crippen LogP contribution in [0.4, 0.5) is 26.3 Å². The molecule has 1 aliphatic rings. The maximum absolute atomic E-state index is 15.5. The molecule has 2 aromatic rings. The van der Waals surface area contributed by atoms with E-state index in [1.54, 1.807) is 0 Å². The van der Waals surface area contributed by atoms with E-state index in [1.165, 1.54) is 18.0 Å². The Balaban J connectivity index is 1.79. The number of nitrogens with zero attached hydrogens (tertiary/aromatic N) is 1. The Morgan fingerprint density at radius 3 is 2.24 bits per heavy atom. The zero-order valence-electron chi connectivity index (χ0n) is 17.1. The number of hydrogen-bond donors (Lipinski definition) is 0. The SMILES string of the molecule is CN(C(=O)c1ccc(F)c(Cl)c1)[C@H]1CC[C@](F)(S(=O)(=O)c2cc(F)cc(C(F)(F)F)c2)CC1. The molecule has 0 spiro atoms. The second kappa shape index (κ2) is 8.83. The summed E-state index contributed by atoms with van der Waals surface area (Å²) in [5.41, 5.74) is -1.46. The molecule has 4 nitrogen and oxygen atoms in total. The van der Waals surface area contributed by atoms with Gasteiger partial charge in [0.15, 0.2) is 0 Å². The quantitative estimate of drug-likeness (QED) is 0.486. The van der Waals surface area contributed by atoms with Gasteiger partial charge in [0.25, 0.3) is 5.91 Å². The Labute approximate surface area is 191 Å². The van der Waals surface area contributed by atoms with Gasteiger partial charge in [-0.1, -0.05) is 11.6 Å². The molecule has 1 amide bonds. The Bertz CT molecular complexity index is 1180. The topological polar surface area (TPSA) is 54.5 Å². The second-order valence-electron chi connectivity index (χ2n) is 7.84. The van der Waals surface area contributed by atoms with Gasteiger partial charge in [-0.15, -0.1) is 0 Å². The number of hydrogen-bond acceptors (Lipinski definition) is 3. The van der Waals surface area contributed by atoms with Gasteiger partial charge < -0.3 is 4.90 Å². The smallest absolute Gasteiger partial charge is 0.339 e. The molecule has 12 heteroatoms. The highest BCUT2D eigenvalue weighted by Crippen LogP contribution is 2.42. The van der Waals surface area contributed by atoms with Gasteiger partial charge in [-0.2, -0.15) is 13.2 Å². The largest absolute Gasteiger partial charge is 0.416 e. The summed E-state index contributed by atoms with van der Waals surface area (Å²) in [5.74, 6) is -2.72. The van der Waals surface area contributed by atoms with Crippen LogP contribution in [0.3, 0.4) is 0 Å². The minimum Gasteiger partial charge on any atom is -0.339 e. The van der Waals surface area contributed by atoms with Gasteiger partial charge in [-0.25, -0.2) is 21.6 Å². The highest BCUT2D eigenvalue weighted by molar-refractivity contribution is 7.92. The minimum absolute atomic E-state index is 0.0769. The van der Waals surface area contributed by atoms with E-state index in [4.69, 9.17) is 11.6 Å². The van der Waals surface area contributed by atoms with Gasteiger partial charge in [-0.05, 0) is 62.1 Å². The van der Waals surface area contributed by atoms with Crippen molar-refractivity contribution in [2.24, 2.45) is 0 Å². The Kier molecular flexibility index (Phi) is 6.78. The van der Waals surface area contributed by atoms with E-state index in [0.29, 0.717) is 6.07 Å². The van der Waals surface area contributed by atoms with E-state index in [-0.39, 0.29) is 35.6 Å². The number of carbonyl (C=O) groups excluding carboxylic acids is 1. The van der Waals surface area contributed by atoms with Crippen LogP contribution in [0.25, 0.3) is 0 Å². The first-order valence-corrected chi connectivity index (χ1v) is 11.6.